The van der Waals surface area contributed by atoms with Gasteiger partial charge in [0.25, 0.3) is 5.91 Å². The van der Waals surface area contributed by atoms with Crippen molar-refractivity contribution in [2.45, 2.75) is 31.6 Å². The van der Waals surface area contributed by atoms with E-state index in [1.807, 2.05) is 35.9 Å². The maximum Gasteiger partial charge on any atom is 0.254 e. The maximum atomic E-state index is 13.6. The molecule has 0 radical (unpaired) electrons. The minimum Gasteiger partial charge on any atom is -0.362 e. The minimum atomic E-state index is -0.434. The summed E-state index contributed by atoms with van der Waals surface area (Å²) in [6.45, 7) is 1.87. The summed E-state index contributed by atoms with van der Waals surface area (Å²) in [5.74, 6) is -0.972. The number of nitrogens with one attached hydrogen (secondary N) is 2. The van der Waals surface area contributed by atoms with Crippen LogP contribution in [0.2, 0.25) is 0 Å². The number of carbonyl (C=O) groups is 2. The monoisotopic (exact) mass is 464 g/mol. The summed E-state index contributed by atoms with van der Waals surface area (Å²) >= 11 is 3.20. The molecule has 3 heterocycles. The molecule has 0 saturated carbocycles. The van der Waals surface area contributed by atoms with Crippen LogP contribution in [0.1, 0.15) is 41.4 Å². The average Bonchev–Trinajstić information content (AvgIpc) is 3.47. The van der Waals surface area contributed by atoms with Gasteiger partial charge in [0, 0.05) is 50.3 Å². The van der Waals surface area contributed by atoms with Crippen molar-refractivity contribution in [1.29, 1.82) is 0 Å². The number of benzene rings is 1. The van der Waals surface area contributed by atoms with Crippen LogP contribution in [0.15, 0.2) is 81.8 Å². The summed E-state index contributed by atoms with van der Waals surface area (Å²) in [5, 5.41) is 10.2. The molecule has 32 heavy (non-hydrogen) atoms. The number of rotatable bonds is 4. The van der Waals surface area contributed by atoms with Crippen LogP contribution >= 0.6 is 22.7 Å². The molecule has 5 rings (SSSR count). The second-order valence-electron chi connectivity index (χ2n) is 8.01. The number of carbonyl (C=O) groups excluding carboxylic acids is 2. The molecule has 0 unspecified atom stereocenters. The van der Waals surface area contributed by atoms with Crippen molar-refractivity contribution in [3.05, 3.63) is 97.4 Å². The number of amides is 1. The van der Waals surface area contributed by atoms with Gasteiger partial charge in [-0.1, -0.05) is 18.2 Å². The Kier molecular flexibility index (Phi) is 5.53. The van der Waals surface area contributed by atoms with Crippen LogP contribution in [0.25, 0.3) is 0 Å². The van der Waals surface area contributed by atoms with Crippen LogP contribution in [0.4, 0.5) is 10.1 Å². The summed E-state index contributed by atoms with van der Waals surface area (Å²) in [6, 6.07) is 13.8. The van der Waals surface area contributed by atoms with Gasteiger partial charge in [0.2, 0.25) is 0 Å². The van der Waals surface area contributed by atoms with Crippen LogP contribution in [-0.2, 0) is 9.59 Å². The van der Waals surface area contributed by atoms with Crippen molar-refractivity contribution in [3.8, 4) is 0 Å². The molecule has 4 nitrogen and oxygen atoms in total. The topological polar surface area (TPSA) is 58.2 Å². The molecule has 2 N–H and O–H groups in total. The first-order valence-electron chi connectivity index (χ1n) is 10.4. The molecule has 0 fully saturated rings. The fourth-order valence-electron chi connectivity index (χ4n) is 4.57. The summed E-state index contributed by atoms with van der Waals surface area (Å²) in [6.07, 6.45) is 1.17. The molecular formula is C25H21FN2O2S2. The van der Waals surface area contributed by atoms with E-state index in [2.05, 4.69) is 16.7 Å². The van der Waals surface area contributed by atoms with E-state index in [0.29, 0.717) is 23.3 Å². The first kappa shape index (κ1) is 20.8. The van der Waals surface area contributed by atoms with E-state index in [1.54, 1.807) is 23.5 Å². The van der Waals surface area contributed by atoms with Gasteiger partial charge in [0.05, 0.1) is 5.92 Å². The highest BCUT2D eigenvalue weighted by Gasteiger charge is 2.41. The first-order valence-corrected chi connectivity index (χ1v) is 12.1. The highest BCUT2D eigenvalue weighted by Crippen LogP contribution is 2.47. The molecule has 2 aromatic heterocycles. The summed E-state index contributed by atoms with van der Waals surface area (Å²) in [4.78, 5) is 28.9. The zero-order valence-electron chi connectivity index (χ0n) is 17.4. The van der Waals surface area contributed by atoms with Crippen LogP contribution in [0, 0.1) is 5.82 Å². The molecule has 0 bridgehead atoms. The van der Waals surface area contributed by atoms with E-state index in [4.69, 9.17) is 0 Å². The summed E-state index contributed by atoms with van der Waals surface area (Å²) < 4.78 is 13.6. The molecule has 1 aliphatic carbocycles. The van der Waals surface area contributed by atoms with E-state index < -0.39 is 11.7 Å². The zero-order valence-corrected chi connectivity index (χ0v) is 19.0. The Balaban J connectivity index is 1.53. The Bertz CT molecular complexity index is 1240. The third kappa shape index (κ3) is 3.82. The lowest BCUT2D eigenvalue weighted by atomic mass is 9.74. The number of ketones is 1. The Morgan fingerprint density at radius 3 is 2.50 bits per heavy atom. The fourth-order valence-corrected chi connectivity index (χ4v) is 6.24. The molecule has 1 aliphatic heterocycles. The predicted octanol–water partition coefficient (Wildman–Crippen LogP) is 5.95. The zero-order chi connectivity index (χ0) is 22.2. The molecule has 7 heteroatoms. The molecule has 1 aromatic carbocycles. The number of allylic oxidation sites excluding steroid dienone is 3. The average molecular weight is 465 g/mol. The van der Waals surface area contributed by atoms with Gasteiger partial charge in [-0.3, -0.25) is 9.59 Å². The SMILES string of the molecule is CC1=C(C(=O)Nc2cccc(F)c2)[C@@H](c2cccs2)C2=C(C[C@@H](c3cccs3)CC2=O)N1. The van der Waals surface area contributed by atoms with Gasteiger partial charge in [-0.05, 0) is 54.4 Å². The molecule has 0 spiro atoms. The van der Waals surface area contributed by atoms with Crippen molar-refractivity contribution >= 4 is 40.1 Å². The normalized spacial score (nSPS) is 20.8. The van der Waals surface area contributed by atoms with Crippen molar-refractivity contribution < 1.29 is 14.0 Å². The van der Waals surface area contributed by atoms with Crippen LogP contribution in [0.3, 0.4) is 0 Å². The Hall–Kier alpha value is -3.03. The van der Waals surface area contributed by atoms with Gasteiger partial charge in [-0.25, -0.2) is 4.39 Å². The third-order valence-corrected chi connectivity index (χ3v) is 7.90. The largest absolute Gasteiger partial charge is 0.362 e. The Labute approximate surface area is 193 Å². The lowest BCUT2D eigenvalue weighted by Gasteiger charge is -2.36. The number of thiophene rings is 2. The molecule has 3 aromatic rings. The summed E-state index contributed by atoms with van der Waals surface area (Å²) in [7, 11) is 0. The van der Waals surface area contributed by atoms with Gasteiger partial charge in [-0.15, -0.1) is 22.7 Å². The van der Waals surface area contributed by atoms with Crippen LogP contribution < -0.4 is 10.6 Å². The standard InChI is InChI=1S/C25H21FN2O2S2/c1-14-22(25(30)28-17-6-2-5-16(26)13-17)24(21-8-4-10-32-21)23-18(27-14)11-15(12-19(23)29)20-7-3-9-31-20/h2-10,13,15,24,27H,11-12H2,1H3,(H,28,30)/t15-,24-/m1/s1. The van der Waals surface area contributed by atoms with E-state index in [0.717, 1.165) is 22.7 Å². The van der Waals surface area contributed by atoms with Crippen molar-refractivity contribution in [2.24, 2.45) is 0 Å². The van der Waals surface area contributed by atoms with Gasteiger partial charge >= 0.3 is 0 Å². The summed E-state index contributed by atoms with van der Waals surface area (Å²) in [5.41, 5.74) is 3.18. The lowest BCUT2D eigenvalue weighted by Crippen LogP contribution is -2.36. The highest BCUT2D eigenvalue weighted by molar-refractivity contribution is 7.10. The maximum absolute atomic E-state index is 13.6. The molecule has 2 atom stereocenters. The Morgan fingerprint density at radius 1 is 1.06 bits per heavy atom. The molecule has 1 amide bonds. The lowest BCUT2D eigenvalue weighted by molar-refractivity contribution is -0.116. The number of dihydropyridines is 1. The van der Waals surface area contributed by atoms with Crippen molar-refractivity contribution in [3.63, 3.8) is 0 Å². The van der Waals surface area contributed by atoms with E-state index in [1.165, 1.54) is 28.3 Å². The number of hydrogen-bond donors (Lipinski definition) is 2. The van der Waals surface area contributed by atoms with Gasteiger partial charge in [0.1, 0.15) is 5.82 Å². The molecule has 0 saturated heterocycles. The first-order chi connectivity index (χ1) is 15.5. The third-order valence-electron chi connectivity index (χ3n) is 5.93. The highest BCUT2D eigenvalue weighted by atomic mass is 32.1. The second-order valence-corrected chi connectivity index (χ2v) is 9.97. The number of anilines is 1. The van der Waals surface area contributed by atoms with Crippen molar-refractivity contribution in [2.75, 3.05) is 5.32 Å². The minimum absolute atomic E-state index is 0.0686. The van der Waals surface area contributed by atoms with Crippen molar-refractivity contribution in [1.82, 2.24) is 5.32 Å². The quantitative estimate of drug-likeness (QED) is 0.502. The van der Waals surface area contributed by atoms with Gasteiger partial charge in [0.15, 0.2) is 5.78 Å². The van der Waals surface area contributed by atoms with E-state index >= 15 is 0 Å². The molecule has 162 valence electrons. The number of halogens is 1. The second kappa shape index (κ2) is 8.48. The number of hydrogen-bond acceptors (Lipinski definition) is 5. The predicted molar refractivity (Wildman–Crippen MR) is 126 cm³/mol. The van der Waals surface area contributed by atoms with E-state index in [9.17, 15) is 14.0 Å². The molecular weight excluding hydrogens is 443 g/mol. The smallest absolute Gasteiger partial charge is 0.254 e. The molecule has 2 aliphatic rings. The van der Waals surface area contributed by atoms with Crippen LogP contribution in [-0.4, -0.2) is 11.7 Å². The van der Waals surface area contributed by atoms with Gasteiger partial charge in [-0.2, -0.15) is 0 Å². The van der Waals surface area contributed by atoms with E-state index in [-0.39, 0.29) is 17.6 Å². The fraction of sp³-hybridized carbons (Fsp3) is 0.200. The van der Waals surface area contributed by atoms with Gasteiger partial charge < -0.3 is 10.6 Å². The number of Topliss-reactive ketones (excluding diaryl/α,β-unsaturated/α-hetero) is 1. The van der Waals surface area contributed by atoms with Crippen LogP contribution in [0.5, 0.6) is 0 Å². The Morgan fingerprint density at radius 2 is 1.81 bits per heavy atom.